The molecule has 0 radical (unpaired) electrons. The molecule has 1 fully saturated rings. The Balaban J connectivity index is 1.29. The van der Waals surface area contributed by atoms with E-state index in [0.717, 1.165) is 43.7 Å². The van der Waals surface area contributed by atoms with Crippen molar-refractivity contribution in [2.45, 2.75) is 6.42 Å². The van der Waals surface area contributed by atoms with Crippen molar-refractivity contribution in [1.29, 1.82) is 0 Å². The average Bonchev–Trinajstić information content (AvgIpc) is 2.90. The Labute approximate surface area is 205 Å². The summed E-state index contributed by atoms with van der Waals surface area (Å²) in [6.45, 7) is 4.74. The SMILES string of the molecule is C#Cc1cc(OCCc2ccccc2)nc2nc(Nc3ccc(N4CCN(C)CC4)cc3)ncc12. The first kappa shape index (κ1) is 22.6. The second kappa shape index (κ2) is 10.4. The van der Waals surface area contributed by atoms with Gasteiger partial charge in [-0.1, -0.05) is 36.3 Å². The van der Waals surface area contributed by atoms with Crippen LogP contribution in [0.2, 0.25) is 0 Å². The van der Waals surface area contributed by atoms with Gasteiger partial charge in [-0.15, -0.1) is 6.42 Å². The van der Waals surface area contributed by atoms with Crippen molar-refractivity contribution in [3.05, 3.63) is 78.0 Å². The van der Waals surface area contributed by atoms with Crippen LogP contribution in [0.1, 0.15) is 11.1 Å². The molecule has 1 N–H and O–H groups in total. The van der Waals surface area contributed by atoms with Crippen molar-refractivity contribution >= 4 is 28.4 Å². The maximum atomic E-state index is 5.90. The third-order valence-corrected chi connectivity index (χ3v) is 6.17. The van der Waals surface area contributed by atoms with Gasteiger partial charge in [-0.05, 0) is 36.9 Å². The van der Waals surface area contributed by atoms with E-state index in [1.54, 1.807) is 12.3 Å². The van der Waals surface area contributed by atoms with Gasteiger partial charge in [-0.2, -0.15) is 9.97 Å². The van der Waals surface area contributed by atoms with Gasteiger partial charge in [0.25, 0.3) is 0 Å². The van der Waals surface area contributed by atoms with Gasteiger partial charge in [0.1, 0.15) is 0 Å². The first-order valence-electron chi connectivity index (χ1n) is 11.8. The minimum absolute atomic E-state index is 0.460. The number of rotatable bonds is 7. The van der Waals surface area contributed by atoms with Crippen molar-refractivity contribution in [1.82, 2.24) is 19.9 Å². The minimum atomic E-state index is 0.460. The van der Waals surface area contributed by atoms with Gasteiger partial charge in [0, 0.05) is 61.8 Å². The summed E-state index contributed by atoms with van der Waals surface area (Å²) in [7, 11) is 2.16. The van der Waals surface area contributed by atoms with Crippen LogP contribution in [0.15, 0.2) is 66.9 Å². The predicted octanol–water partition coefficient (Wildman–Crippen LogP) is 4.12. The minimum Gasteiger partial charge on any atom is -0.477 e. The van der Waals surface area contributed by atoms with Crippen molar-refractivity contribution in [3.8, 4) is 18.2 Å². The van der Waals surface area contributed by atoms with Crippen LogP contribution in [0.5, 0.6) is 5.88 Å². The van der Waals surface area contributed by atoms with Crippen LogP contribution in [0, 0.1) is 12.3 Å². The maximum absolute atomic E-state index is 5.90. The van der Waals surface area contributed by atoms with E-state index < -0.39 is 0 Å². The van der Waals surface area contributed by atoms with E-state index in [-0.39, 0.29) is 0 Å². The first-order chi connectivity index (χ1) is 17.2. The summed E-state index contributed by atoms with van der Waals surface area (Å²) in [5.74, 6) is 3.62. The highest BCUT2D eigenvalue weighted by Crippen LogP contribution is 2.24. The van der Waals surface area contributed by atoms with E-state index in [1.807, 2.05) is 30.3 Å². The number of piperazine rings is 1. The maximum Gasteiger partial charge on any atom is 0.229 e. The molecule has 35 heavy (non-hydrogen) atoms. The van der Waals surface area contributed by atoms with Gasteiger partial charge in [0.05, 0.1) is 12.0 Å². The van der Waals surface area contributed by atoms with E-state index in [4.69, 9.17) is 11.2 Å². The van der Waals surface area contributed by atoms with Gasteiger partial charge >= 0.3 is 0 Å². The van der Waals surface area contributed by atoms with E-state index >= 15 is 0 Å². The summed E-state index contributed by atoms with van der Waals surface area (Å²) >= 11 is 0. The average molecular weight is 465 g/mol. The standard InChI is InChI=1S/C28H28N6O/c1-3-22-19-26(35-18-13-21-7-5-4-6-8-21)31-27-25(22)20-29-28(32-27)30-23-9-11-24(12-10-23)34-16-14-33(2)15-17-34/h1,4-12,19-20H,13-18H2,2H3,(H,29,30,31,32). The molecule has 4 aromatic rings. The lowest BCUT2D eigenvalue weighted by molar-refractivity contribution is 0.310. The molecule has 7 nitrogen and oxygen atoms in total. The lowest BCUT2D eigenvalue weighted by Gasteiger charge is -2.34. The van der Waals surface area contributed by atoms with Gasteiger partial charge in [-0.25, -0.2) is 4.98 Å². The Morgan fingerprint density at radius 3 is 2.51 bits per heavy atom. The van der Waals surface area contributed by atoms with E-state index in [2.05, 4.69) is 67.3 Å². The number of nitrogens with one attached hydrogen (secondary N) is 1. The second-order valence-corrected chi connectivity index (χ2v) is 8.63. The fraction of sp³-hybridized carbons (Fsp3) is 0.250. The number of nitrogens with zero attached hydrogens (tertiary/aromatic N) is 5. The highest BCUT2D eigenvalue weighted by Gasteiger charge is 2.14. The molecule has 0 spiro atoms. The van der Waals surface area contributed by atoms with Gasteiger partial charge in [0.2, 0.25) is 11.8 Å². The third kappa shape index (κ3) is 5.51. The molecular formula is C28H28N6O. The topological polar surface area (TPSA) is 66.4 Å². The summed E-state index contributed by atoms with van der Waals surface area (Å²) in [5, 5.41) is 3.99. The molecule has 3 heterocycles. The van der Waals surface area contributed by atoms with E-state index in [1.165, 1.54) is 11.3 Å². The summed E-state index contributed by atoms with van der Waals surface area (Å²) in [6, 6.07) is 20.3. The van der Waals surface area contributed by atoms with Gasteiger partial charge < -0.3 is 19.9 Å². The number of hydrogen-bond acceptors (Lipinski definition) is 7. The summed E-state index contributed by atoms with van der Waals surface area (Å²) in [6.07, 6.45) is 8.23. The zero-order valence-electron chi connectivity index (χ0n) is 19.8. The summed E-state index contributed by atoms with van der Waals surface area (Å²) in [5.41, 5.74) is 4.50. The lowest BCUT2D eigenvalue weighted by atomic mass is 10.2. The summed E-state index contributed by atoms with van der Waals surface area (Å²) < 4.78 is 5.90. The number of aromatic nitrogens is 3. The number of ether oxygens (including phenoxy) is 1. The number of likely N-dealkylation sites (N-methyl/N-ethyl adjacent to an activating group) is 1. The molecule has 0 amide bonds. The normalized spacial score (nSPS) is 14.0. The second-order valence-electron chi connectivity index (χ2n) is 8.63. The molecule has 0 bridgehead atoms. The van der Waals surface area contributed by atoms with Crippen molar-refractivity contribution in [2.24, 2.45) is 0 Å². The van der Waals surface area contributed by atoms with Crippen LogP contribution in [-0.2, 0) is 6.42 Å². The number of terminal acetylenes is 1. The van der Waals surface area contributed by atoms with Crippen molar-refractivity contribution < 1.29 is 4.74 Å². The molecule has 0 unspecified atom stereocenters. The molecule has 5 rings (SSSR count). The molecule has 2 aromatic carbocycles. The zero-order chi connectivity index (χ0) is 24.0. The number of pyridine rings is 1. The molecule has 176 valence electrons. The predicted molar refractivity (Wildman–Crippen MR) is 140 cm³/mol. The molecule has 0 atom stereocenters. The van der Waals surface area contributed by atoms with Crippen LogP contribution < -0.4 is 15.0 Å². The number of benzene rings is 2. The highest BCUT2D eigenvalue weighted by molar-refractivity contribution is 5.83. The Bertz CT molecular complexity index is 1330. The smallest absolute Gasteiger partial charge is 0.229 e. The Morgan fingerprint density at radius 1 is 1.00 bits per heavy atom. The quantitative estimate of drug-likeness (QED) is 0.413. The monoisotopic (exact) mass is 464 g/mol. The largest absolute Gasteiger partial charge is 0.477 e. The lowest BCUT2D eigenvalue weighted by Crippen LogP contribution is -2.44. The number of anilines is 3. The molecule has 0 aliphatic carbocycles. The van der Waals surface area contributed by atoms with Crippen LogP contribution in [0.4, 0.5) is 17.3 Å². The van der Waals surface area contributed by atoms with Crippen LogP contribution in [0.3, 0.4) is 0 Å². The molecule has 7 heteroatoms. The van der Waals surface area contributed by atoms with Crippen molar-refractivity contribution in [3.63, 3.8) is 0 Å². The summed E-state index contributed by atoms with van der Waals surface area (Å²) in [4.78, 5) is 18.4. The number of fused-ring (bicyclic) bond motifs is 1. The van der Waals surface area contributed by atoms with Gasteiger partial charge in [0.15, 0.2) is 5.65 Å². The van der Waals surface area contributed by atoms with Crippen LogP contribution in [-0.4, -0.2) is 59.7 Å². The Morgan fingerprint density at radius 2 is 1.77 bits per heavy atom. The molecule has 1 saturated heterocycles. The Hall–Kier alpha value is -4.15. The van der Waals surface area contributed by atoms with Crippen LogP contribution >= 0.6 is 0 Å². The molecular weight excluding hydrogens is 436 g/mol. The van der Waals surface area contributed by atoms with Crippen LogP contribution in [0.25, 0.3) is 11.0 Å². The fourth-order valence-electron chi connectivity index (χ4n) is 4.11. The first-order valence-corrected chi connectivity index (χ1v) is 11.8. The molecule has 2 aromatic heterocycles. The zero-order valence-corrected chi connectivity index (χ0v) is 19.8. The van der Waals surface area contributed by atoms with Crippen molar-refractivity contribution in [2.75, 3.05) is 50.1 Å². The molecule has 1 aliphatic rings. The number of hydrogen-bond donors (Lipinski definition) is 1. The fourth-order valence-corrected chi connectivity index (χ4v) is 4.11. The van der Waals surface area contributed by atoms with E-state index in [0.29, 0.717) is 29.6 Å². The third-order valence-electron chi connectivity index (χ3n) is 6.17. The van der Waals surface area contributed by atoms with Gasteiger partial charge in [-0.3, -0.25) is 0 Å². The van der Waals surface area contributed by atoms with E-state index in [9.17, 15) is 0 Å². The Kier molecular flexibility index (Phi) is 6.73. The highest BCUT2D eigenvalue weighted by atomic mass is 16.5. The molecule has 1 aliphatic heterocycles. The molecule has 0 saturated carbocycles.